The third kappa shape index (κ3) is 5.37. The predicted molar refractivity (Wildman–Crippen MR) is 136 cm³/mol. The lowest BCUT2D eigenvalue weighted by atomic mass is 9.86. The molecule has 0 radical (unpaired) electrons. The number of anilines is 1. The van der Waals surface area contributed by atoms with E-state index < -0.39 is 0 Å². The first kappa shape index (κ1) is 24.1. The van der Waals surface area contributed by atoms with Crippen LogP contribution in [-0.2, 0) is 10.2 Å². The summed E-state index contributed by atoms with van der Waals surface area (Å²) in [6.07, 6.45) is 1.48. The number of amides is 2. The lowest BCUT2D eigenvalue weighted by Gasteiger charge is -2.39. The molecule has 2 aliphatic rings. The second kappa shape index (κ2) is 10.1. The summed E-state index contributed by atoms with van der Waals surface area (Å²) < 4.78 is 5.24. The van der Waals surface area contributed by atoms with Gasteiger partial charge in [-0.25, -0.2) is 0 Å². The Labute approximate surface area is 203 Å². The van der Waals surface area contributed by atoms with Crippen molar-refractivity contribution in [3.63, 3.8) is 0 Å². The number of hydrogen-bond donors (Lipinski definition) is 0. The fraction of sp³-hybridized carbons (Fsp3) is 0.500. The number of carbonyl (C=O) groups excluding carboxylic acids is 2. The number of benzene rings is 2. The van der Waals surface area contributed by atoms with E-state index in [0.29, 0.717) is 13.1 Å². The minimum Gasteiger partial charge on any atom is -0.497 e. The van der Waals surface area contributed by atoms with Crippen molar-refractivity contribution in [2.75, 3.05) is 51.3 Å². The summed E-state index contributed by atoms with van der Waals surface area (Å²) in [5.74, 6) is 1.18. The minimum atomic E-state index is 0.0138. The number of hydrogen-bond acceptors (Lipinski definition) is 4. The smallest absolute Gasteiger partial charge is 0.253 e. The number of piperazine rings is 1. The summed E-state index contributed by atoms with van der Waals surface area (Å²) in [6, 6.07) is 16.1. The molecule has 0 spiro atoms. The van der Waals surface area contributed by atoms with Gasteiger partial charge in [0.1, 0.15) is 5.75 Å². The number of methoxy groups -OCH3 is 1. The van der Waals surface area contributed by atoms with Crippen LogP contribution in [0.2, 0.25) is 0 Å². The molecule has 6 nitrogen and oxygen atoms in total. The summed E-state index contributed by atoms with van der Waals surface area (Å²) in [4.78, 5) is 32.3. The van der Waals surface area contributed by atoms with Crippen LogP contribution in [0.15, 0.2) is 48.5 Å². The van der Waals surface area contributed by atoms with E-state index in [2.05, 4.69) is 49.9 Å². The molecule has 0 unspecified atom stereocenters. The van der Waals surface area contributed by atoms with Crippen LogP contribution in [0.1, 0.15) is 49.5 Å². The first-order valence-corrected chi connectivity index (χ1v) is 12.3. The Hall–Kier alpha value is -3.02. The normalized spacial score (nSPS) is 17.6. The Morgan fingerprint density at radius 3 is 1.91 bits per heavy atom. The van der Waals surface area contributed by atoms with Gasteiger partial charge in [-0.05, 0) is 60.2 Å². The highest BCUT2D eigenvalue weighted by molar-refractivity contribution is 5.94. The Kier molecular flexibility index (Phi) is 7.15. The van der Waals surface area contributed by atoms with Crippen LogP contribution >= 0.6 is 0 Å². The molecule has 2 aromatic carbocycles. The summed E-state index contributed by atoms with van der Waals surface area (Å²) in [6.45, 7) is 10.9. The third-order valence-electron chi connectivity index (χ3n) is 7.16. The zero-order valence-electron chi connectivity index (χ0n) is 20.9. The fourth-order valence-corrected chi connectivity index (χ4v) is 4.86. The summed E-state index contributed by atoms with van der Waals surface area (Å²) >= 11 is 0. The zero-order chi connectivity index (χ0) is 24.3. The molecule has 0 aliphatic carbocycles. The zero-order valence-corrected chi connectivity index (χ0v) is 20.9. The van der Waals surface area contributed by atoms with Crippen LogP contribution in [0.5, 0.6) is 5.75 Å². The molecule has 4 rings (SSSR count). The van der Waals surface area contributed by atoms with Crippen molar-refractivity contribution in [3.05, 3.63) is 59.7 Å². The van der Waals surface area contributed by atoms with Gasteiger partial charge in [-0.15, -0.1) is 0 Å². The van der Waals surface area contributed by atoms with Gasteiger partial charge in [0.15, 0.2) is 0 Å². The largest absolute Gasteiger partial charge is 0.497 e. The molecule has 34 heavy (non-hydrogen) atoms. The maximum absolute atomic E-state index is 13.1. The Morgan fingerprint density at radius 2 is 1.38 bits per heavy atom. The number of piperidine rings is 1. The van der Waals surface area contributed by atoms with Gasteiger partial charge < -0.3 is 19.4 Å². The molecule has 2 saturated heterocycles. The molecule has 2 heterocycles. The van der Waals surface area contributed by atoms with Crippen LogP contribution in [0, 0.1) is 5.92 Å². The van der Waals surface area contributed by atoms with Crippen LogP contribution in [0.3, 0.4) is 0 Å². The second-order valence-corrected chi connectivity index (χ2v) is 10.4. The first-order chi connectivity index (χ1) is 16.3. The molecule has 2 aliphatic heterocycles. The van der Waals surface area contributed by atoms with Gasteiger partial charge in [-0.1, -0.05) is 32.9 Å². The van der Waals surface area contributed by atoms with E-state index >= 15 is 0 Å². The van der Waals surface area contributed by atoms with Crippen molar-refractivity contribution in [3.8, 4) is 5.75 Å². The van der Waals surface area contributed by atoms with Gasteiger partial charge >= 0.3 is 0 Å². The quantitative estimate of drug-likeness (QED) is 0.682. The van der Waals surface area contributed by atoms with E-state index in [4.69, 9.17) is 4.74 Å². The SMILES string of the molecule is COc1ccc(N2CCN(C(=O)C3CCN(C(=O)c4ccc(C(C)(C)C)cc4)CC3)CC2)cc1. The van der Waals surface area contributed by atoms with E-state index in [-0.39, 0.29) is 23.1 Å². The highest BCUT2D eigenvalue weighted by Crippen LogP contribution is 2.26. The summed E-state index contributed by atoms with van der Waals surface area (Å²) in [5.41, 5.74) is 3.18. The fourth-order valence-electron chi connectivity index (χ4n) is 4.86. The molecule has 2 aromatic rings. The van der Waals surface area contributed by atoms with E-state index in [9.17, 15) is 9.59 Å². The summed E-state index contributed by atoms with van der Waals surface area (Å²) in [5, 5.41) is 0. The van der Waals surface area contributed by atoms with E-state index in [1.807, 2.05) is 34.1 Å². The van der Waals surface area contributed by atoms with E-state index in [1.54, 1.807) is 7.11 Å². The molecule has 0 aromatic heterocycles. The molecular weight excluding hydrogens is 426 g/mol. The van der Waals surface area contributed by atoms with Crippen molar-refractivity contribution in [2.45, 2.75) is 39.0 Å². The summed E-state index contributed by atoms with van der Waals surface area (Å²) in [7, 11) is 1.67. The maximum atomic E-state index is 13.1. The number of ether oxygens (including phenoxy) is 1. The van der Waals surface area contributed by atoms with Crippen molar-refractivity contribution in [1.29, 1.82) is 0 Å². The van der Waals surface area contributed by atoms with Crippen LogP contribution in [0.4, 0.5) is 5.69 Å². The minimum absolute atomic E-state index is 0.0138. The van der Waals surface area contributed by atoms with E-state index in [0.717, 1.165) is 56.0 Å². The third-order valence-corrected chi connectivity index (χ3v) is 7.16. The highest BCUT2D eigenvalue weighted by atomic mass is 16.5. The molecule has 0 saturated carbocycles. The number of rotatable bonds is 4. The average Bonchev–Trinajstić information content (AvgIpc) is 2.87. The van der Waals surface area contributed by atoms with Crippen LogP contribution < -0.4 is 9.64 Å². The molecule has 2 fully saturated rings. The van der Waals surface area contributed by atoms with Gasteiger partial charge in [0.05, 0.1) is 7.11 Å². The number of carbonyl (C=O) groups is 2. The van der Waals surface area contributed by atoms with Gasteiger partial charge in [0.2, 0.25) is 5.91 Å². The monoisotopic (exact) mass is 463 g/mol. The van der Waals surface area contributed by atoms with Gasteiger partial charge in [0, 0.05) is 56.4 Å². The highest BCUT2D eigenvalue weighted by Gasteiger charge is 2.32. The van der Waals surface area contributed by atoms with Crippen molar-refractivity contribution < 1.29 is 14.3 Å². The van der Waals surface area contributed by atoms with Gasteiger partial charge in [-0.2, -0.15) is 0 Å². The van der Waals surface area contributed by atoms with Gasteiger partial charge in [0.25, 0.3) is 5.91 Å². The van der Waals surface area contributed by atoms with Crippen molar-refractivity contribution in [1.82, 2.24) is 9.80 Å². The Bertz CT molecular complexity index is 979. The maximum Gasteiger partial charge on any atom is 0.253 e. The number of likely N-dealkylation sites (tertiary alicyclic amines) is 1. The average molecular weight is 464 g/mol. The van der Waals surface area contributed by atoms with Crippen LogP contribution in [-0.4, -0.2) is 68.0 Å². The molecule has 0 atom stereocenters. The van der Waals surface area contributed by atoms with Crippen LogP contribution in [0.25, 0.3) is 0 Å². The molecule has 0 N–H and O–H groups in total. The topological polar surface area (TPSA) is 53.1 Å². The predicted octanol–water partition coefficient (Wildman–Crippen LogP) is 4.19. The second-order valence-electron chi connectivity index (χ2n) is 10.4. The number of nitrogens with zero attached hydrogens (tertiary/aromatic N) is 3. The lowest BCUT2D eigenvalue weighted by Crippen LogP contribution is -2.52. The standard InChI is InChI=1S/C28H37N3O3/c1-28(2,3)23-7-5-21(6-8-23)26(32)30-15-13-22(14-16-30)27(33)31-19-17-29(18-20-31)24-9-11-25(34-4)12-10-24/h5-12,22H,13-20H2,1-4H3. The molecule has 182 valence electrons. The van der Waals surface area contributed by atoms with Crippen molar-refractivity contribution >= 4 is 17.5 Å². The Balaban J connectivity index is 1.26. The first-order valence-electron chi connectivity index (χ1n) is 12.3. The van der Waals surface area contributed by atoms with Gasteiger partial charge in [-0.3, -0.25) is 9.59 Å². The van der Waals surface area contributed by atoms with E-state index in [1.165, 1.54) is 5.56 Å². The molecule has 0 bridgehead atoms. The molecule has 6 heteroatoms. The Morgan fingerprint density at radius 1 is 0.794 bits per heavy atom. The molecule has 2 amide bonds. The van der Waals surface area contributed by atoms with Crippen molar-refractivity contribution in [2.24, 2.45) is 5.92 Å². The lowest BCUT2D eigenvalue weighted by molar-refractivity contribution is -0.137. The molecular formula is C28H37N3O3.